The molecule has 1 fully saturated rings. The van der Waals surface area contributed by atoms with E-state index in [1.54, 1.807) is 7.11 Å². The Kier molecular flexibility index (Phi) is 2.98. The highest BCUT2D eigenvalue weighted by Gasteiger charge is 2.13. The van der Waals surface area contributed by atoms with Crippen molar-refractivity contribution in [3.63, 3.8) is 0 Å². The maximum absolute atomic E-state index is 5.34. The number of piperazine rings is 1. The Morgan fingerprint density at radius 2 is 2.11 bits per heavy atom. The second kappa shape index (κ2) is 4.78. The van der Waals surface area contributed by atoms with Crippen molar-refractivity contribution in [2.75, 3.05) is 38.2 Å². The first-order valence-corrected chi connectivity index (χ1v) is 6.14. The number of anilines is 1. The van der Waals surface area contributed by atoms with E-state index < -0.39 is 0 Å². The first-order chi connectivity index (χ1) is 8.88. The number of rotatable bonds is 2. The maximum Gasteiger partial charge on any atom is 0.148 e. The standard InChI is InChI=1S/C13H16N4O/c1-18-11-4-2-3-10-13(11)16-12(9-15-10)17-7-5-14-6-8-17/h2-4,9,14H,5-8H2,1H3. The Hall–Kier alpha value is -1.88. The lowest BCUT2D eigenvalue weighted by Crippen LogP contribution is -2.43. The molecule has 1 aromatic heterocycles. The van der Waals surface area contributed by atoms with E-state index in [2.05, 4.69) is 20.2 Å². The number of nitrogens with zero attached hydrogens (tertiary/aromatic N) is 3. The third-order valence-corrected chi connectivity index (χ3v) is 3.18. The summed E-state index contributed by atoms with van der Waals surface area (Å²) in [5, 5.41) is 3.33. The van der Waals surface area contributed by atoms with Gasteiger partial charge in [0.25, 0.3) is 0 Å². The van der Waals surface area contributed by atoms with Crippen molar-refractivity contribution in [1.29, 1.82) is 0 Å². The Morgan fingerprint density at radius 1 is 1.28 bits per heavy atom. The zero-order valence-electron chi connectivity index (χ0n) is 10.4. The molecule has 0 bridgehead atoms. The summed E-state index contributed by atoms with van der Waals surface area (Å²) in [5.74, 6) is 1.70. The molecular formula is C13H16N4O. The van der Waals surface area contributed by atoms with Gasteiger partial charge in [-0.15, -0.1) is 0 Å². The Balaban J connectivity index is 2.03. The molecule has 1 aliphatic rings. The predicted molar refractivity (Wildman–Crippen MR) is 71.2 cm³/mol. The third kappa shape index (κ3) is 1.97. The molecule has 0 unspecified atom stereocenters. The van der Waals surface area contributed by atoms with Crippen LogP contribution in [0, 0.1) is 0 Å². The van der Waals surface area contributed by atoms with Gasteiger partial charge in [-0.2, -0.15) is 0 Å². The number of para-hydroxylation sites is 1. The van der Waals surface area contributed by atoms with Crippen molar-refractivity contribution >= 4 is 16.9 Å². The second-order valence-corrected chi connectivity index (χ2v) is 4.29. The largest absolute Gasteiger partial charge is 0.494 e. The van der Waals surface area contributed by atoms with E-state index in [9.17, 15) is 0 Å². The summed E-state index contributed by atoms with van der Waals surface area (Å²) in [6.07, 6.45) is 1.84. The highest BCUT2D eigenvalue weighted by molar-refractivity contribution is 5.82. The van der Waals surface area contributed by atoms with Gasteiger partial charge in [0.15, 0.2) is 0 Å². The van der Waals surface area contributed by atoms with Gasteiger partial charge >= 0.3 is 0 Å². The lowest BCUT2D eigenvalue weighted by atomic mass is 10.2. The number of ether oxygens (including phenoxy) is 1. The summed E-state index contributed by atoms with van der Waals surface area (Å²) in [7, 11) is 1.66. The van der Waals surface area contributed by atoms with Crippen LogP contribution < -0.4 is 15.0 Å². The van der Waals surface area contributed by atoms with Crippen molar-refractivity contribution < 1.29 is 4.74 Å². The summed E-state index contributed by atoms with van der Waals surface area (Å²) >= 11 is 0. The Morgan fingerprint density at radius 3 is 2.89 bits per heavy atom. The minimum absolute atomic E-state index is 0.775. The van der Waals surface area contributed by atoms with Crippen molar-refractivity contribution in [3.8, 4) is 5.75 Å². The highest BCUT2D eigenvalue weighted by Crippen LogP contribution is 2.24. The topological polar surface area (TPSA) is 50.3 Å². The molecule has 0 radical (unpaired) electrons. The molecule has 3 rings (SSSR count). The average Bonchev–Trinajstić information content (AvgIpc) is 2.47. The third-order valence-electron chi connectivity index (χ3n) is 3.18. The van der Waals surface area contributed by atoms with Crippen molar-refractivity contribution in [2.24, 2.45) is 0 Å². The highest BCUT2D eigenvalue weighted by atomic mass is 16.5. The van der Waals surface area contributed by atoms with Gasteiger partial charge in [0.05, 0.1) is 18.8 Å². The van der Waals surface area contributed by atoms with Crippen LogP contribution in [0.5, 0.6) is 5.75 Å². The van der Waals surface area contributed by atoms with Gasteiger partial charge in [0.2, 0.25) is 0 Å². The van der Waals surface area contributed by atoms with Gasteiger partial charge in [0.1, 0.15) is 17.1 Å². The summed E-state index contributed by atoms with van der Waals surface area (Å²) in [6.45, 7) is 3.92. The number of benzene rings is 1. The molecule has 5 heteroatoms. The number of methoxy groups -OCH3 is 1. The summed E-state index contributed by atoms with van der Waals surface area (Å²) in [5.41, 5.74) is 1.70. The average molecular weight is 244 g/mol. The molecule has 0 aliphatic carbocycles. The zero-order valence-corrected chi connectivity index (χ0v) is 10.4. The van der Waals surface area contributed by atoms with E-state index >= 15 is 0 Å². The van der Waals surface area contributed by atoms with Crippen LogP contribution in [0.1, 0.15) is 0 Å². The monoisotopic (exact) mass is 244 g/mol. The summed E-state index contributed by atoms with van der Waals surface area (Å²) in [6, 6.07) is 5.80. The van der Waals surface area contributed by atoms with Gasteiger partial charge < -0.3 is 15.0 Å². The molecule has 1 saturated heterocycles. The van der Waals surface area contributed by atoms with Crippen LogP contribution in [0.4, 0.5) is 5.82 Å². The first kappa shape index (κ1) is 11.2. The molecule has 0 spiro atoms. The van der Waals surface area contributed by atoms with E-state index in [-0.39, 0.29) is 0 Å². The zero-order chi connectivity index (χ0) is 12.4. The first-order valence-electron chi connectivity index (χ1n) is 6.14. The Labute approximate surface area is 106 Å². The van der Waals surface area contributed by atoms with Crippen LogP contribution in [0.3, 0.4) is 0 Å². The molecule has 18 heavy (non-hydrogen) atoms. The van der Waals surface area contributed by atoms with Gasteiger partial charge in [-0.05, 0) is 12.1 Å². The molecular weight excluding hydrogens is 228 g/mol. The van der Waals surface area contributed by atoms with Crippen molar-refractivity contribution in [3.05, 3.63) is 24.4 Å². The van der Waals surface area contributed by atoms with Crippen LogP contribution >= 0.6 is 0 Å². The van der Waals surface area contributed by atoms with Gasteiger partial charge in [-0.3, -0.25) is 4.98 Å². The second-order valence-electron chi connectivity index (χ2n) is 4.29. The van der Waals surface area contributed by atoms with Gasteiger partial charge in [-0.1, -0.05) is 6.07 Å². The van der Waals surface area contributed by atoms with E-state index in [1.165, 1.54) is 0 Å². The molecule has 0 saturated carbocycles. The van der Waals surface area contributed by atoms with Crippen LogP contribution in [0.2, 0.25) is 0 Å². The normalized spacial score (nSPS) is 15.9. The SMILES string of the molecule is COc1cccc2ncc(N3CCNCC3)nc12. The fraction of sp³-hybridized carbons (Fsp3) is 0.385. The molecule has 94 valence electrons. The molecule has 2 heterocycles. The molecule has 2 aromatic rings. The smallest absolute Gasteiger partial charge is 0.148 e. The van der Waals surface area contributed by atoms with Crippen molar-refractivity contribution in [2.45, 2.75) is 0 Å². The van der Waals surface area contributed by atoms with Gasteiger partial charge in [0, 0.05) is 26.2 Å². The number of aromatic nitrogens is 2. The molecule has 0 atom stereocenters. The fourth-order valence-corrected chi connectivity index (χ4v) is 2.21. The van der Waals surface area contributed by atoms with Crippen LogP contribution in [0.15, 0.2) is 24.4 Å². The van der Waals surface area contributed by atoms with Crippen LogP contribution in [-0.2, 0) is 0 Å². The van der Waals surface area contributed by atoms with Crippen molar-refractivity contribution in [1.82, 2.24) is 15.3 Å². The quantitative estimate of drug-likeness (QED) is 0.855. The number of fused-ring (bicyclic) bond motifs is 1. The van der Waals surface area contributed by atoms with Crippen LogP contribution in [-0.4, -0.2) is 43.3 Å². The summed E-state index contributed by atoms with van der Waals surface area (Å²) < 4.78 is 5.34. The lowest BCUT2D eigenvalue weighted by Gasteiger charge is -2.28. The van der Waals surface area contributed by atoms with E-state index in [4.69, 9.17) is 4.74 Å². The fourth-order valence-electron chi connectivity index (χ4n) is 2.21. The molecule has 1 aromatic carbocycles. The number of hydrogen-bond acceptors (Lipinski definition) is 5. The molecule has 5 nitrogen and oxygen atoms in total. The number of hydrogen-bond donors (Lipinski definition) is 1. The van der Waals surface area contributed by atoms with Gasteiger partial charge in [-0.25, -0.2) is 4.98 Å². The molecule has 1 aliphatic heterocycles. The minimum atomic E-state index is 0.775. The summed E-state index contributed by atoms with van der Waals surface area (Å²) in [4.78, 5) is 11.4. The maximum atomic E-state index is 5.34. The molecule has 1 N–H and O–H groups in total. The Bertz CT molecular complexity index is 552. The minimum Gasteiger partial charge on any atom is -0.494 e. The van der Waals surface area contributed by atoms with E-state index in [0.717, 1.165) is 48.8 Å². The van der Waals surface area contributed by atoms with E-state index in [0.29, 0.717) is 0 Å². The molecule has 0 amide bonds. The number of nitrogens with one attached hydrogen (secondary N) is 1. The van der Waals surface area contributed by atoms with E-state index in [1.807, 2.05) is 24.4 Å². The van der Waals surface area contributed by atoms with Crippen LogP contribution in [0.25, 0.3) is 11.0 Å². The predicted octanol–water partition coefficient (Wildman–Crippen LogP) is 1.05. The lowest BCUT2D eigenvalue weighted by molar-refractivity contribution is 0.418.